The lowest BCUT2D eigenvalue weighted by molar-refractivity contribution is 0.348. The van der Waals surface area contributed by atoms with Gasteiger partial charge in [0.25, 0.3) is 30.4 Å². The fourth-order valence-electron chi connectivity index (χ4n) is 4.71. The zero-order chi connectivity index (χ0) is 34.7. The standard InChI is InChI=1S/C27H35FN6O9S3/c1-25(2,3)13-34-22-19(30-24(34)33-27(46(41,42)43,14-44(35,36)37)15-45(38,39)40)12-11-18(29-22)21-20(16-7-9-17(28)10-8-16)31-23(32-21)26(4,5)6/h7-12H,13-15H2,1-6H3,(H,30,33)(H,31,32)(H,35,36,37)(H,38,39,40)(H,41,42,43). The number of H-pyrrole nitrogens is 1. The summed E-state index contributed by atoms with van der Waals surface area (Å²) in [5.74, 6) is -3.99. The van der Waals surface area contributed by atoms with Gasteiger partial charge in [0.15, 0.2) is 5.65 Å². The molecular formula is C27H35FN6O9S3. The summed E-state index contributed by atoms with van der Waals surface area (Å²) in [4.78, 5) is 13.7. The van der Waals surface area contributed by atoms with Crippen LogP contribution in [-0.2, 0) is 42.3 Å². The summed E-state index contributed by atoms with van der Waals surface area (Å²) in [6, 6.07) is 8.81. The number of hydrogen-bond donors (Lipinski definition) is 5. The summed E-state index contributed by atoms with van der Waals surface area (Å²) < 4.78 is 117. The Balaban J connectivity index is 2.00. The molecule has 3 heterocycles. The maximum Gasteiger partial charge on any atom is 0.291 e. The minimum absolute atomic E-state index is 0.0443. The van der Waals surface area contributed by atoms with Crippen molar-refractivity contribution in [1.29, 1.82) is 0 Å². The Bertz CT molecular complexity index is 2080. The van der Waals surface area contributed by atoms with E-state index in [-0.39, 0.29) is 17.7 Å². The van der Waals surface area contributed by atoms with Crippen LogP contribution < -0.4 is 5.32 Å². The van der Waals surface area contributed by atoms with Crippen molar-refractivity contribution >= 4 is 47.5 Å². The van der Waals surface area contributed by atoms with Gasteiger partial charge in [0, 0.05) is 17.5 Å². The molecule has 0 atom stereocenters. The van der Waals surface area contributed by atoms with Crippen molar-refractivity contribution < 1.29 is 43.3 Å². The summed E-state index contributed by atoms with van der Waals surface area (Å²) in [5, 5.41) is 2.19. The third-order valence-electron chi connectivity index (χ3n) is 6.68. The third-order valence-corrected chi connectivity index (χ3v) is 10.1. The second-order valence-electron chi connectivity index (χ2n) is 13.2. The lowest BCUT2D eigenvalue weighted by Crippen LogP contribution is -2.56. The molecule has 5 N–H and O–H groups in total. The highest BCUT2D eigenvalue weighted by molar-refractivity contribution is 7.92. The van der Waals surface area contributed by atoms with Gasteiger partial charge in [-0.15, -0.1) is 0 Å². The molecule has 0 amide bonds. The van der Waals surface area contributed by atoms with Crippen molar-refractivity contribution in [3.63, 3.8) is 0 Å². The highest BCUT2D eigenvalue weighted by Gasteiger charge is 2.51. The summed E-state index contributed by atoms with van der Waals surface area (Å²) in [6.07, 6.45) is 0. The fourth-order valence-corrected chi connectivity index (χ4v) is 8.67. The fraction of sp³-hybridized carbons (Fsp3) is 0.444. The Morgan fingerprint density at radius 3 is 1.87 bits per heavy atom. The molecule has 19 heteroatoms. The number of anilines is 1. The number of nitrogens with one attached hydrogen (secondary N) is 2. The Morgan fingerprint density at radius 1 is 0.826 bits per heavy atom. The van der Waals surface area contributed by atoms with E-state index >= 15 is 0 Å². The van der Waals surface area contributed by atoms with Gasteiger partial charge in [0.1, 0.15) is 28.7 Å². The smallest absolute Gasteiger partial charge is 0.291 e. The molecule has 0 saturated heterocycles. The van der Waals surface area contributed by atoms with Crippen LogP contribution in [0, 0.1) is 11.2 Å². The number of aromatic amines is 1. The van der Waals surface area contributed by atoms with Gasteiger partial charge >= 0.3 is 0 Å². The predicted molar refractivity (Wildman–Crippen MR) is 169 cm³/mol. The monoisotopic (exact) mass is 702 g/mol. The van der Waals surface area contributed by atoms with E-state index < -0.39 is 69.3 Å². The number of pyridine rings is 1. The van der Waals surface area contributed by atoms with Gasteiger partial charge < -0.3 is 10.3 Å². The largest absolute Gasteiger partial charge is 0.340 e. The molecule has 0 radical (unpaired) electrons. The second-order valence-corrected chi connectivity index (χ2v) is 17.9. The van der Waals surface area contributed by atoms with Gasteiger partial charge in [-0.1, -0.05) is 41.5 Å². The number of aromatic nitrogens is 5. The second kappa shape index (κ2) is 11.6. The Kier molecular flexibility index (Phi) is 8.95. The molecule has 0 aliphatic rings. The minimum Gasteiger partial charge on any atom is -0.340 e. The van der Waals surface area contributed by atoms with Gasteiger partial charge in [0.2, 0.25) is 10.8 Å². The molecule has 0 aliphatic carbocycles. The highest BCUT2D eigenvalue weighted by atomic mass is 32.2. The van der Waals surface area contributed by atoms with Crippen LogP contribution in [0.2, 0.25) is 0 Å². The highest BCUT2D eigenvalue weighted by Crippen LogP contribution is 2.35. The molecule has 252 valence electrons. The summed E-state index contributed by atoms with van der Waals surface area (Å²) in [6.45, 7) is 11.3. The van der Waals surface area contributed by atoms with Crippen molar-refractivity contribution in [2.45, 2.75) is 58.4 Å². The SMILES string of the molecule is CC(C)(C)Cn1c(NC(CS(=O)(=O)O)(CS(=O)(=O)O)S(=O)(=O)O)nc2ccc(-c3[nH]c(C(C)(C)C)nc3-c3ccc(F)cc3)nc21. The molecule has 0 saturated carbocycles. The van der Waals surface area contributed by atoms with Gasteiger partial charge in [-0.05, 0) is 41.8 Å². The van der Waals surface area contributed by atoms with Crippen molar-refractivity contribution in [1.82, 2.24) is 24.5 Å². The number of rotatable bonds is 10. The van der Waals surface area contributed by atoms with E-state index in [0.717, 1.165) is 0 Å². The van der Waals surface area contributed by atoms with Crippen LogP contribution in [0.3, 0.4) is 0 Å². The number of hydrogen-bond acceptors (Lipinski definition) is 10. The topological polar surface area (TPSA) is 235 Å². The molecule has 3 aromatic heterocycles. The first kappa shape index (κ1) is 35.4. The summed E-state index contributed by atoms with van der Waals surface area (Å²) in [5.41, 5.74) is 1.14. The van der Waals surface area contributed by atoms with Crippen molar-refractivity contribution in [2.24, 2.45) is 5.41 Å². The molecule has 0 spiro atoms. The molecule has 0 aliphatic heterocycles. The molecule has 1 aromatic carbocycles. The number of benzene rings is 1. The van der Waals surface area contributed by atoms with Crippen LogP contribution in [0.15, 0.2) is 36.4 Å². The van der Waals surface area contributed by atoms with Crippen LogP contribution in [-0.4, -0.2) is 79.8 Å². The van der Waals surface area contributed by atoms with Gasteiger partial charge in [-0.2, -0.15) is 25.3 Å². The maximum atomic E-state index is 13.7. The Morgan fingerprint density at radius 2 is 1.39 bits per heavy atom. The lowest BCUT2D eigenvalue weighted by Gasteiger charge is -2.30. The molecule has 0 fully saturated rings. The predicted octanol–water partition coefficient (Wildman–Crippen LogP) is 3.74. The number of imidazole rings is 2. The first-order valence-electron chi connectivity index (χ1n) is 13.7. The number of nitrogens with zero attached hydrogens (tertiary/aromatic N) is 4. The zero-order valence-corrected chi connectivity index (χ0v) is 28.2. The van der Waals surface area contributed by atoms with Crippen LogP contribution in [0.4, 0.5) is 10.3 Å². The summed E-state index contributed by atoms with van der Waals surface area (Å²) >= 11 is 0. The third kappa shape index (κ3) is 8.07. The van der Waals surface area contributed by atoms with E-state index in [1.165, 1.54) is 22.8 Å². The molecule has 0 bridgehead atoms. The quantitative estimate of drug-likeness (QED) is 0.148. The Hall–Kier alpha value is -3.49. The van der Waals surface area contributed by atoms with Crippen LogP contribution in [0.5, 0.6) is 0 Å². The van der Waals surface area contributed by atoms with E-state index in [9.17, 15) is 43.3 Å². The van der Waals surface area contributed by atoms with Crippen molar-refractivity contribution in [2.75, 3.05) is 16.8 Å². The minimum atomic E-state index is -5.69. The number of halogens is 1. The molecule has 4 rings (SSSR count). The normalized spacial score (nSPS) is 13.8. The molecule has 4 aromatic rings. The van der Waals surface area contributed by atoms with Crippen LogP contribution in [0.25, 0.3) is 33.8 Å². The van der Waals surface area contributed by atoms with Gasteiger partial charge in [-0.3, -0.25) is 18.2 Å². The average Bonchev–Trinajstić information content (AvgIpc) is 3.43. The summed E-state index contributed by atoms with van der Waals surface area (Å²) in [7, 11) is -16.3. The van der Waals surface area contributed by atoms with E-state index in [2.05, 4.69) is 15.3 Å². The first-order chi connectivity index (χ1) is 20.8. The van der Waals surface area contributed by atoms with Gasteiger partial charge in [-0.25, -0.2) is 19.3 Å². The maximum absolute atomic E-state index is 13.7. The van der Waals surface area contributed by atoms with E-state index in [4.69, 9.17) is 9.97 Å². The van der Waals surface area contributed by atoms with Gasteiger partial charge in [0.05, 0.1) is 17.1 Å². The average molecular weight is 703 g/mol. The molecule has 0 unspecified atom stereocenters. The van der Waals surface area contributed by atoms with Crippen molar-refractivity contribution in [3.05, 3.63) is 48.0 Å². The van der Waals surface area contributed by atoms with Crippen molar-refractivity contribution in [3.8, 4) is 22.6 Å². The van der Waals surface area contributed by atoms with E-state index in [1.807, 2.05) is 41.5 Å². The zero-order valence-electron chi connectivity index (χ0n) is 25.8. The van der Waals surface area contributed by atoms with Crippen LogP contribution in [0.1, 0.15) is 47.4 Å². The lowest BCUT2D eigenvalue weighted by atomic mass is 9.96. The van der Waals surface area contributed by atoms with E-state index in [1.54, 1.807) is 18.2 Å². The Labute approximate surface area is 265 Å². The van der Waals surface area contributed by atoms with Crippen LogP contribution >= 0.6 is 0 Å². The molecule has 15 nitrogen and oxygen atoms in total. The molecule has 46 heavy (non-hydrogen) atoms. The first-order valence-corrected chi connectivity index (χ1v) is 18.3. The van der Waals surface area contributed by atoms with E-state index in [0.29, 0.717) is 28.5 Å². The number of fused-ring (bicyclic) bond motifs is 1. The molecular weight excluding hydrogens is 668 g/mol.